The summed E-state index contributed by atoms with van der Waals surface area (Å²) in [6.07, 6.45) is 5.40. The number of piperidine rings is 1. The van der Waals surface area contributed by atoms with Crippen molar-refractivity contribution in [2.75, 3.05) is 25.0 Å². The van der Waals surface area contributed by atoms with Crippen LogP contribution in [-0.2, 0) is 0 Å². The molecule has 1 fully saturated rings. The number of hydrogen-bond donors (Lipinski definition) is 2. The predicted octanol–water partition coefficient (Wildman–Crippen LogP) is 2.52. The van der Waals surface area contributed by atoms with Crippen molar-refractivity contribution in [3.05, 3.63) is 22.3 Å². The summed E-state index contributed by atoms with van der Waals surface area (Å²) in [5, 5.41) is 15.7. The van der Waals surface area contributed by atoms with Gasteiger partial charge in [0.25, 0.3) is 0 Å². The van der Waals surface area contributed by atoms with Crippen LogP contribution < -0.4 is 10.6 Å². The van der Waals surface area contributed by atoms with E-state index in [1.807, 2.05) is 0 Å². The van der Waals surface area contributed by atoms with Gasteiger partial charge in [-0.3, -0.25) is 0 Å². The van der Waals surface area contributed by atoms with Crippen LogP contribution >= 0.6 is 15.9 Å². The summed E-state index contributed by atoms with van der Waals surface area (Å²) >= 11 is 3.32. The first kappa shape index (κ1) is 13.3. The molecule has 1 aliphatic heterocycles. The number of hydrogen-bond acceptors (Lipinski definition) is 4. The molecule has 0 aromatic carbocycles. The molecular weight excluding hydrogens is 292 g/mol. The molecule has 1 saturated heterocycles. The lowest BCUT2D eigenvalue weighted by Gasteiger charge is -2.22. The van der Waals surface area contributed by atoms with Crippen molar-refractivity contribution >= 4 is 21.7 Å². The van der Waals surface area contributed by atoms with Crippen molar-refractivity contribution in [1.29, 1.82) is 5.26 Å². The summed E-state index contributed by atoms with van der Waals surface area (Å²) in [5.74, 6) is 1.43. The van der Waals surface area contributed by atoms with E-state index in [-0.39, 0.29) is 0 Å². The number of nitrogens with one attached hydrogen (secondary N) is 2. The zero-order chi connectivity index (χ0) is 12.8. The Morgan fingerprint density at radius 3 is 3.22 bits per heavy atom. The van der Waals surface area contributed by atoms with Crippen LogP contribution in [0.5, 0.6) is 0 Å². The maximum Gasteiger partial charge on any atom is 0.143 e. The second kappa shape index (κ2) is 6.72. The number of pyridine rings is 1. The summed E-state index contributed by atoms with van der Waals surface area (Å²) in [5.41, 5.74) is 0.589. The molecule has 2 heterocycles. The van der Waals surface area contributed by atoms with E-state index in [2.05, 4.69) is 37.6 Å². The van der Waals surface area contributed by atoms with E-state index in [9.17, 15) is 0 Å². The van der Waals surface area contributed by atoms with Crippen molar-refractivity contribution < 1.29 is 0 Å². The molecule has 1 unspecified atom stereocenters. The van der Waals surface area contributed by atoms with Gasteiger partial charge in [-0.1, -0.05) is 0 Å². The van der Waals surface area contributed by atoms with Gasteiger partial charge in [-0.25, -0.2) is 4.98 Å². The van der Waals surface area contributed by atoms with Gasteiger partial charge in [-0.15, -0.1) is 0 Å². The lowest BCUT2D eigenvalue weighted by atomic mass is 9.96. The largest absolute Gasteiger partial charge is 0.369 e. The van der Waals surface area contributed by atoms with Crippen LogP contribution in [0.1, 0.15) is 24.8 Å². The van der Waals surface area contributed by atoms with Crippen LogP contribution in [0, 0.1) is 17.2 Å². The summed E-state index contributed by atoms with van der Waals surface area (Å²) < 4.78 is 0.834. The molecule has 0 saturated carbocycles. The first-order valence-corrected chi connectivity index (χ1v) is 7.09. The van der Waals surface area contributed by atoms with Gasteiger partial charge in [0.05, 0.1) is 5.56 Å². The van der Waals surface area contributed by atoms with E-state index in [1.54, 1.807) is 12.3 Å². The van der Waals surface area contributed by atoms with Gasteiger partial charge in [-0.05, 0) is 60.3 Å². The molecule has 0 spiro atoms. The summed E-state index contributed by atoms with van der Waals surface area (Å²) in [6.45, 7) is 3.13. The first-order valence-electron chi connectivity index (χ1n) is 6.30. The third kappa shape index (κ3) is 3.69. The predicted molar refractivity (Wildman–Crippen MR) is 75.4 cm³/mol. The highest BCUT2D eigenvalue weighted by atomic mass is 79.9. The average molecular weight is 309 g/mol. The zero-order valence-corrected chi connectivity index (χ0v) is 11.8. The highest BCUT2D eigenvalue weighted by Gasteiger charge is 2.12. The van der Waals surface area contributed by atoms with Gasteiger partial charge in [0.2, 0.25) is 0 Å². The molecule has 2 rings (SSSR count). The van der Waals surface area contributed by atoms with Crippen LogP contribution in [0.4, 0.5) is 5.82 Å². The molecule has 1 aromatic heterocycles. The Kier molecular flexibility index (Phi) is 4.97. The van der Waals surface area contributed by atoms with Crippen molar-refractivity contribution in [3.63, 3.8) is 0 Å². The molecule has 0 amide bonds. The smallest absolute Gasteiger partial charge is 0.143 e. The molecular formula is C13H17BrN4. The summed E-state index contributed by atoms with van der Waals surface area (Å²) in [7, 11) is 0. The molecule has 4 nitrogen and oxygen atoms in total. The molecule has 1 atom stereocenters. The molecule has 1 aliphatic rings. The quantitative estimate of drug-likeness (QED) is 0.897. The zero-order valence-electron chi connectivity index (χ0n) is 10.2. The van der Waals surface area contributed by atoms with Crippen molar-refractivity contribution in [3.8, 4) is 6.07 Å². The van der Waals surface area contributed by atoms with Gasteiger partial charge in [0.15, 0.2) is 0 Å². The van der Waals surface area contributed by atoms with Crippen LogP contribution in [0.3, 0.4) is 0 Å². The topological polar surface area (TPSA) is 60.7 Å². The minimum absolute atomic E-state index is 0.589. The normalized spacial score (nSPS) is 19.2. The standard InChI is InChI=1S/C13H17BrN4/c14-12-6-11(7-15)13(18-9-12)17-5-3-10-2-1-4-16-8-10/h6,9-10,16H,1-5,8H2,(H,17,18). The molecule has 96 valence electrons. The van der Waals surface area contributed by atoms with Gasteiger partial charge in [0.1, 0.15) is 11.9 Å². The van der Waals surface area contributed by atoms with E-state index < -0.39 is 0 Å². The summed E-state index contributed by atoms with van der Waals surface area (Å²) in [6, 6.07) is 3.95. The van der Waals surface area contributed by atoms with Gasteiger partial charge in [-0.2, -0.15) is 5.26 Å². The van der Waals surface area contributed by atoms with Crippen LogP contribution in [0.15, 0.2) is 16.7 Å². The first-order chi connectivity index (χ1) is 8.79. The van der Waals surface area contributed by atoms with Crippen molar-refractivity contribution in [1.82, 2.24) is 10.3 Å². The number of aromatic nitrogens is 1. The fourth-order valence-corrected chi connectivity index (χ4v) is 2.56. The number of halogens is 1. The Hall–Kier alpha value is -1.12. The average Bonchev–Trinajstić information content (AvgIpc) is 2.41. The van der Waals surface area contributed by atoms with Crippen LogP contribution in [-0.4, -0.2) is 24.6 Å². The number of nitrogens with zero attached hydrogens (tertiary/aromatic N) is 2. The number of anilines is 1. The summed E-state index contributed by atoms with van der Waals surface area (Å²) in [4.78, 5) is 4.24. The number of nitriles is 1. The third-order valence-corrected chi connectivity index (χ3v) is 3.65. The SMILES string of the molecule is N#Cc1cc(Br)cnc1NCCC1CCCNC1. The Morgan fingerprint density at radius 2 is 2.50 bits per heavy atom. The Morgan fingerprint density at radius 1 is 1.61 bits per heavy atom. The second-order valence-electron chi connectivity index (χ2n) is 4.59. The molecule has 0 aliphatic carbocycles. The maximum atomic E-state index is 9.03. The molecule has 0 radical (unpaired) electrons. The van der Waals surface area contributed by atoms with Gasteiger partial charge in [0, 0.05) is 17.2 Å². The third-order valence-electron chi connectivity index (χ3n) is 3.22. The highest BCUT2D eigenvalue weighted by molar-refractivity contribution is 9.10. The van der Waals surface area contributed by atoms with Gasteiger partial charge >= 0.3 is 0 Å². The van der Waals surface area contributed by atoms with E-state index in [0.717, 1.165) is 36.4 Å². The lowest BCUT2D eigenvalue weighted by molar-refractivity contribution is 0.364. The molecule has 1 aromatic rings. The van der Waals surface area contributed by atoms with Crippen molar-refractivity contribution in [2.45, 2.75) is 19.3 Å². The lowest BCUT2D eigenvalue weighted by Crippen LogP contribution is -2.30. The fraction of sp³-hybridized carbons (Fsp3) is 0.538. The molecule has 5 heteroatoms. The Balaban J connectivity index is 1.84. The minimum Gasteiger partial charge on any atom is -0.369 e. The van der Waals surface area contributed by atoms with E-state index >= 15 is 0 Å². The van der Waals surface area contributed by atoms with E-state index in [4.69, 9.17) is 5.26 Å². The van der Waals surface area contributed by atoms with E-state index in [1.165, 1.54) is 12.8 Å². The second-order valence-corrected chi connectivity index (χ2v) is 5.51. The minimum atomic E-state index is 0.589. The Bertz CT molecular complexity index is 435. The van der Waals surface area contributed by atoms with Crippen LogP contribution in [0.25, 0.3) is 0 Å². The maximum absolute atomic E-state index is 9.03. The highest BCUT2D eigenvalue weighted by Crippen LogP contribution is 2.18. The molecule has 0 bridgehead atoms. The van der Waals surface area contributed by atoms with E-state index in [0.29, 0.717) is 11.4 Å². The molecule has 2 N–H and O–H groups in total. The van der Waals surface area contributed by atoms with Crippen molar-refractivity contribution in [2.24, 2.45) is 5.92 Å². The Labute approximate surface area is 116 Å². The molecule has 18 heavy (non-hydrogen) atoms. The number of rotatable bonds is 4. The van der Waals surface area contributed by atoms with Crippen LogP contribution in [0.2, 0.25) is 0 Å². The monoisotopic (exact) mass is 308 g/mol. The van der Waals surface area contributed by atoms with Gasteiger partial charge < -0.3 is 10.6 Å². The fourth-order valence-electron chi connectivity index (χ4n) is 2.23.